The first kappa shape index (κ1) is 13.4. The molecule has 6 nitrogen and oxygen atoms in total. The van der Waals surface area contributed by atoms with Gasteiger partial charge in [-0.05, 0) is 25.1 Å². The predicted molar refractivity (Wildman–Crippen MR) is 80.2 cm³/mol. The molecule has 3 rings (SSSR count). The average Bonchev–Trinajstić information content (AvgIpc) is 2.46. The van der Waals surface area contributed by atoms with Crippen LogP contribution in [0.15, 0.2) is 30.3 Å². The van der Waals surface area contributed by atoms with Crippen molar-refractivity contribution in [1.82, 2.24) is 4.98 Å². The molecule has 6 heteroatoms. The molecule has 3 N–H and O–H groups in total. The molecule has 0 bridgehead atoms. The van der Waals surface area contributed by atoms with Crippen LogP contribution in [-0.2, 0) is 0 Å². The highest BCUT2D eigenvalue weighted by atomic mass is 16.6. The Morgan fingerprint density at radius 2 is 2.19 bits per heavy atom. The van der Waals surface area contributed by atoms with E-state index in [1.54, 1.807) is 18.2 Å². The van der Waals surface area contributed by atoms with Gasteiger partial charge >= 0.3 is 0 Å². The molecule has 2 aromatic rings. The normalized spacial score (nSPS) is 16.4. The maximum atomic E-state index is 9.69. The molecule has 0 radical (unpaired) electrons. The summed E-state index contributed by atoms with van der Waals surface area (Å²) in [6.45, 7) is 2.21. The Morgan fingerprint density at radius 3 is 3.00 bits per heavy atom. The van der Waals surface area contributed by atoms with Crippen molar-refractivity contribution in [3.05, 3.63) is 36.0 Å². The number of ether oxygens (including phenoxy) is 2. The van der Waals surface area contributed by atoms with Gasteiger partial charge < -0.3 is 25.2 Å². The van der Waals surface area contributed by atoms with E-state index in [2.05, 4.69) is 15.6 Å². The molecule has 1 unspecified atom stereocenters. The van der Waals surface area contributed by atoms with Crippen molar-refractivity contribution in [2.24, 2.45) is 0 Å². The summed E-state index contributed by atoms with van der Waals surface area (Å²) in [6, 6.07) is 8.89. The van der Waals surface area contributed by atoms with Gasteiger partial charge in [-0.2, -0.15) is 0 Å². The summed E-state index contributed by atoms with van der Waals surface area (Å²) in [5.74, 6) is 1.68. The minimum atomic E-state index is -0.363. The topological polar surface area (TPSA) is 75.6 Å². The van der Waals surface area contributed by atoms with Crippen LogP contribution in [0.2, 0.25) is 0 Å². The Balaban J connectivity index is 1.77. The zero-order chi connectivity index (χ0) is 14.8. The van der Waals surface area contributed by atoms with Crippen molar-refractivity contribution in [2.75, 3.05) is 24.3 Å². The summed E-state index contributed by atoms with van der Waals surface area (Å²) >= 11 is 0. The van der Waals surface area contributed by atoms with E-state index in [1.807, 2.05) is 26.1 Å². The van der Waals surface area contributed by atoms with E-state index in [0.29, 0.717) is 17.3 Å². The van der Waals surface area contributed by atoms with Crippen molar-refractivity contribution in [2.45, 2.75) is 13.2 Å². The van der Waals surface area contributed by atoms with Crippen molar-refractivity contribution in [3.63, 3.8) is 0 Å². The summed E-state index contributed by atoms with van der Waals surface area (Å²) in [5.41, 5.74) is 1.87. The molecule has 1 aromatic carbocycles. The zero-order valence-corrected chi connectivity index (χ0v) is 11.9. The molecular formula is C15H17N3O3. The number of phenolic OH excluding ortho intramolecular Hbond substituents is 1. The number of rotatable bonds is 3. The van der Waals surface area contributed by atoms with Gasteiger partial charge in [0.05, 0.1) is 0 Å². The van der Waals surface area contributed by atoms with E-state index in [0.717, 1.165) is 11.4 Å². The minimum Gasteiger partial charge on any atom is -0.504 e. The lowest BCUT2D eigenvalue weighted by Crippen LogP contribution is -2.36. The maximum absolute atomic E-state index is 9.69. The fourth-order valence-corrected chi connectivity index (χ4v) is 2.21. The Kier molecular flexibility index (Phi) is 3.43. The first-order chi connectivity index (χ1) is 10.2. The molecular weight excluding hydrogens is 270 g/mol. The Morgan fingerprint density at radius 1 is 1.33 bits per heavy atom. The molecule has 0 fully saturated rings. The van der Waals surface area contributed by atoms with Gasteiger partial charge in [0.15, 0.2) is 11.5 Å². The summed E-state index contributed by atoms with van der Waals surface area (Å²) in [4.78, 5) is 4.41. The first-order valence-corrected chi connectivity index (χ1v) is 6.70. The van der Waals surface area contributed by atoms with Crippen molar-refractivity contribution in [1.29, 1.82) is 0 Å². The van der Waals surface area contributed by atoms with Gasteiger partial charge in [-0.1, -0.05) is 6.07 Å². The smallest absolute Gasteiger partial charge is 0.205 e. The number of aromatic hydroxyl groups is 1. The molecule has 0 amide bonds. The SMILES string of the molecule is CNc1cc(C)nc(NC2COc3c(O)cccc3O2)c1. The molecule has 21 heavy (non-hydrogen) atoms. The van der Waals surface area contributed by atoms with Crippen LogP contribution >= 0.6 is 0 Å². The molecule has 0 aliphatic carbocycles. The van der Waals surface area contributed by atoms with E-state index in [9.17, 15) is 5.11 Å². The third-order valence-electron chi connectivity index (χ3n) is 3.16. The van der Waals surface area contributed by atoms with Crippen molar-refractivity contribution >= 4 is 11.5 Å². The van der Waals surface area contributed by atoms with E-state index < -0.39 is 0 Å². The number of hydrogen-bond acceptors (Lipinski definition) is 6. The van der Waals surface area contributed by atoms with Gasteiger partial charge in [0, 0.05) is 24.5 Å². The number of nitrogens with zero attached hydrogens (tertiary/aromatic N) is 1. The van der Waals surface area contributed by atoms with Crippen molar-refractivity contribution < 1.29 is 14.6 Å². The van der Waals surface area contributed by atoms with Crippen LogP contribution in [0, 0.1) is 6.92 Å². The number of benzene rings is 1. The molecule has 1 aliphatic heterocycles. The Labute approximate surface area is 122 Å². The minimum absolute atomic E-state index is 0.0806. The largest absolute Gasteiger partial charge is 0.504 e. The third-order valence-corrected chi connectivity index (χ3v) is 3.16. The Hall–Kier alpha value is -2.63. The molecule has 1 aromatic heterocycles. The molecule has 0 spiro atoms. The molecule has 0 saturated carbocycles. The number of para-hydroxylation sites is 1. The highest BCUT2D eigenvalue weighted by Gasteiger charge is 2.23. The molecule has 2 heterocycles. The summed E-state index contributed by atoms with van der Waals surface area (Å²) in [6.07, 6.45) is -0.363. The summed E-state index contributed by atoms with van der Waals surface area (Å²) in [5, 5.41) is 16.0. The van der Waals surface area contributed by atoms with Gasteiger partial charge in [-0.3, -0.25) is 0 Å². The van der Waals surface area contributed by atoms with Crippen LogP contribution < -0.4 is 20.1 Å². The highest BCUT2D eigenvalue weighted by molar-refractivity contribution is 5.54. The van der Waals surface area contributed by atoms with E-state index in [-0.39, 0.29) is 18.6 Å². The lowest BCUT2D eigenvalue weighted by Gasteiger charge is -2.27. The fourth-order valence-electron chi connectivity index (χ4n) is 2.21. The predicted octanol–water partition coefficient (Wildman–Crippen LogP) is 2.35. The highest BCUT2D eigenvalue weighted by Crippen LogP contribution is 2.39. The standard InChI is InChI=1S/C15H17N3O3/c1-9-6-10(16-2)7-13(17-9)18-14-8-20-15-11(19)4-3-5-12(15)21-14/h3-7,14,19H,8H2,1-2H3,(H2,16,17,18). The lowest BCUT2D eigenvalue weighted by molar-refractivity contribution is 0.106. The number of nitrogens with one attached hydrogen (secondary N) is 2. The quantitative estimate of drug-likeness (QED) is 0.804. The van der Waals surface area contributed by atoms with Crippen LogP contribution in [0.1, 0.15) is 5.69 Å². The molecule has 1 aliphatic rings. The number of pyridine rings is 1. The third kappa shape index (κ3) is 2.79. The van der Waals surface area contributed by atoms with Crippen LogP contribution in [0.4, 0.5) is 11.5 Å². The van der Waals surface area contributed by atoms with Crippen LogP contribution in [-0.4, -0.2) is 30.0 Å². The van der Waals surface area contributed by atoms with Gasteiger partial charge in [0.2, 0.25) is 12.0 Å². The maximum Gasteiger partial charge on any atom is 0.205 e. The molecule has 0 saturated heterocycles. The van der Waals surface area contributed by atoms with Crippen LogP contribution in [0.25, 0.3) is 0 Å². The number of anilines is 2. The van der Waals surface area contributed by atoms with E-state index >= 15 is 0 Å². The van der Waals surface area contributed by atoms with E-state index in [4.69, 9.17) is 9.47 Å². The van der Waals surface area contributed by atoms with Crippen LogP contribution in [0.5, 0.6) is 17.2 Å². The average molecular weight is 287 g/mol. The zero-order valence-electron chi connectivity index (χ0n) is 11.9. The van der Waals surface area contributed by atoms with Crippen molar-refractivity contribution in [3.8, 4) is 17.2 Å². The number of hydrogen-bond donors (Lipinski definition) is 3. The fraction of sp³-hybridized carbons (Fsp3) is 0.267. The lowest BCUT2D eigenvalue weighted by atomic mass is 10.2. The first-order valence-electron chi connectivity index (χ1n) is 6.70. The second kappa shape index (κ2) is 5.40. The molecule has 110 valence electrons. The second-order valence-corrected chi connectivity index (χ2v) is 4.80. The number of fused-ring (bicyclic) bond motifs is 1. The van der Waals surface area contributed by atoms with Gasteiger partial charge in [-0.15, -0.1) is 0 Å². The molecule has 1 atom stereocenters. The second-order valence-electron chi connectivity index (χ2n) is 4.80. The number of aryl methyl sites for hydroxylation is 1. The summed E-state index contributed by atoms with van der Waals surface area (Å²) < 4.78 is 11.3. The van der Waals surface area contributed by atoms with Crippen LogP contribution in [0.3, 0.4) is 0 Å². The Bertz CT molecular complexity index is 661. The van der Waals surface area contributed by atoms with Gasteiger partial charge in [0.25, 0.3) is 0 Å². The summed E-state index contributed by atoms with van der Waals surface area (Å²) in [7, 11) is 1.86. The van der Waals surface area contributed by atoms with E-state index in [1.165, 1.54) is 0 Å². The monoisotopic (exact) mass is 287 g/mol. The number of aromatic nitrogens is 1. The van der Waals surface area contributed by atoms with Gasteiger partial charge in [-0.25, -0.2) is 4.98 Å². The van der Waals surface area contributed by atoms with Gasteiger partial charge in [0.1, 0.15) is 12.4 Å². The number of phenols is 1.